The highest BCUT2D eigenvalue weighted by atomic mass is 35.5. The zero-order valence-corrected chi connectivity index (χ0v) is 16.3. The van der Waals surface area contributed by atoms with Gasteiger partial charge in [0.15, 0.2) is 5.82 Å². The molecule has 3 rings (SSSR count). The van der Waals surface area contributed by atoms with Gasteiger partial charge in [-0.15, -0.1) is 29.9 Å². The standard InChI is InChI=1S/C17H27N5O.2ClH/c1-21(17(23)15-5-2-4-13(15)12-18)14-7-10-22(11-8-14)16-6-3-9-19-20-16;;/h3,6,9,13-15H,2,4-5,7-8,10-12,18H2,1H3;2*1H/t13-,15-;;/m1../s1. The van der Waals surface area contributed by atoms with E-state index in [4.69, 9.17) is 5.73 Å². The molecule has 1 amide bonds. The minimum absolute atomic E-state index is 0. The molecule has 1 aliphatic carbocycles. The Hall–Kier alpha value is -1.11. The summed E-state index contributed by atoms with van der Waals surface area (Å²) in [6.07, 6.45) is 6.91. The average molecular weight is 390 g/mol. The topological polar surface area (TPSA) is 75.3 Å². The van der Waals surface area contributed by atoms with E-state index in [0.29, 0.717) is 24.4 Å². The van der Waals surface area contributed by atoms with Gasteiger partial charge < -0.3 is 15.5 Å². The highest BCUT2D eigenvalue weighted by Gasteiger charge is 2.36. The van der Waals surface area contributed by atoms with Crippen LogP contribution < -0.4 is 10.6 Å². The fourth-order valence-corrected chi connectivity index (χ4v) is 4.03. The molecule has 0 unspecified atom stereocenters. The fraction of sp³-hybridized carbons (Fsp3) is 0.706. The van der Waals surface area contributed by atoms with Crippen LogP contribution in [0.4, 0.5) is 5.82 Å². The summed E-state index contributed by atoms with van der Waals surface area (Å²) >= 11 is 0. The molecule has 2 atom stereocenters. The van der Waals surface area contributed by atoms with Crippen molar-refractivity contribution in [3.8, 4) is 0 Å². The summed E-state index contributed by atoms with van der Waals surface area (Å²) in [7, 11) is 1.97. The smallest absolute Gasteiger partial charge is 0.226 e. The molecule has 2 heterocycles. The van der Waals surface area contributed by atoms with Crippen LogP contribution in [0.5, 0.6) is 0 Å². The van der Waals surface area contributed by atoms with Gasteiger partial charge in [0, 0.05) is 38.3 Å². The average Bonchev–Trinajstić information content (AvgIpc) is 3.10. The van der Waals surface area contributed by atoms with Crippen molar-refractivity contribution in [2.24, 2.45) is 17.6 Å². The second-order valence-corrected chi connectivity index (χ2v) is 6.78. The fourth-order valence-electron chi connectivity index (χ4n) is 4.03. The minimum Gasteiger partial charge on any atom is -0.355 e. The number of amides is 1. The van der Waals surface area contributed by atoms with E-state index in [1.54, 1.807) is 6.20 Å². The lowest BCUT2D eigenvalue weighted by Crippen LogP contribution is -2.48. The molecule has 1 saturated carbocycles. The van der Waals surface area contributed by atoms with Crippen molar-refractivity contribution < 1.29 is 4.79 Å². The van der Waals surface area contributed by atoms with Crippen molar-refractivity contribution in [3.05, 3.63) is 18.3 Å². The van der Waals surface area contributed by atoms with Crippen LogP contribution in [0.3, 0.4) is 0 Å². The molecule has 0 radical (unpaired) electrons. The molecular formula is C17H29Cl2N5O. The van der Waals surface area contributed by atoms with E-state index in [1.807, 2.05) is 24.1 Å². The lowest BCUT2D eigenvalue weighted by Gasteiger charge is -2.38. The zero-order chi connectivity index (χ0) is 16.2. The SMILES string of the molecule is CN(C(=O)[C@@H]1CCC[C@@H]1CN)C1CCN(c2cccnn2)CC1.Cl.Cl. The van der Waals surface area contributed by atoms with Gasteiger partial charge in [-0.2, -0.15) is 5.10 Å². The van der Waals surface area contributed by atoms with Gasteiger partial charge in [-0.25, -0.2) is 0 Å². The first-order valence-corrected chi connectivity index (χ1v) is 8.70. The highest BCUT2D eigenvalue weighted by molar-refractivity contribution is 5.85. The Morgan fingerprint density at radius 1 is 1.28 bits per heavy atom. The number of nitrogens with zero attached hydrogens (tertiary/aromatic N) is 4. The van der Waals surface area contributed by atoms with E-state index in [1.165, 1.54) is 0 Å². The molecule has 0 spiro atoms. The maximum absolute atomic E-state index is 12.8. The van der Waals surface area contributed by atoms with Gasteiger partial charge in [0.05, 0.1) is 0 Å². The van der Waals surface area contributed by atoms with Crippen LogP contribution in [0.2, 0.25) is 0 Å². The third-order valence-corrected chi connectivity index (χ3v) is 5.52. The van der Waals surface area contributed by atoms with Gasteiger partial charge in [0.25, 0.3) is 0 Å². The Labute approximate surface area is 162 Å². The molecule has 1 aromatic rings. The first-order valence-electron chi connectivity index (χ1n) is 8.70. The lowest BCUT2D eigenvalue weighted by atomic mass is 9.93. The molecule has 2 N–H and O–H groups in total. The van der Waals surface area contributed by atoms with Crippen LogP contribution in [-0.4, -0.2) is 53.7 Å². The number of halogens is 2. The number of hydrogen-bond acceptors (Lipinski definition) is 5. The molecule has 6 nitrogen and oxygen atoms in total. The van der Waals surface area contributed by atoms with Gasteiger partial charge in [-0.3, -0.25) is 4.79 Å². The third kappa shape index (κ3) is 4.96. The number of aromatic nitrogens is 2. The molecular weight excluding hydrogens is 361 g/mol. The predicted octanol–water partition coefficient (Wildman–Crippen LogP) is 2.12. The van der Waals surface area contributed by atoms with E-state index in [9.17, 15) is 4.79 Å². The summed E-state index contributed by atoms with van der Waals surface area (Å²) in [6, 6.07) is 4.23. The summed E-state index contributed by atoms with van der Waals surface area (Å²) in [5, 5.41) is 8.12. The van der Waals surface area contributed by atoms with E-state index in [0.717, 1.165) is 51.0 Å². The Kier molecular flexibility index (Phi) is 8.89. The van der Waals surface area contributed by atoms with Gasteiger partial charge in [0.1, 0.15) is 0 Å². The summed E-state index contributed by atoms with van der Waals surface area (Å²) in [6.45, 7) is 2.48. The third-order valence-electron chi connectivity index (χ3n) is 5.52. The second-order valence-electron chi connectivity index (χ2n) is 6.78. The Bertz CT molecular complexity index is 525. The lowest BCUT2D eigenvalue weighted by molar-refractivity contribution is -0.137. The molecule has 8 heteroatoms. The summed E-state index contributed by atoms with van der Waals surface area (Å²) < 4.78 is 0. The molecule has 0 aromatic carbocycles. The summed E-state index contributed by atoms with van der Waals surface area (Å²) in [5.41, 5.74) is 5.83. The molecule has 1 saturated heterocycles. The van der Waals surface area contributed by atoms with Crippen molar-refractivity contribution in [2.45, 2.75) is 38.1 Å². The number of carbonyl (C=O) groups excluding carboxylic acids is 1. The number of nitrogens with two attached hydrogens (primary N) is 1. The summed E-state index contributed by atoms with van der Waals surface area (Å²) in [4.78, 5) is 17.0. The molecule has 2 fully saturated rings. The van der Waals surface area contributed by atoms with Crippen LogP contribution in [0.25, 0.3) is 0 Å². The predicted molar refractivity (Wildman–Crippen MR) is 104 cm³/mol. The number of carbonyl (C=O) groups is 1. The van der Waals surface area contributed by atoms with Crippen LogP contribution in [0.15, 0.2) is 18.3 Å². The molecule has 0 bridgehead atoms. The minimum atomic E-state index is 0. The number of piperidine rings is 1. The summed E-state index contributed by atoms with van der Waals surface area (Å²) in [5.74, 6) is 1.75. The highest BCUT2D eigenvalue weighted by Crippen LogP contribution is 2.33. The number of anilines is 1. The molecule has 1 aliphatic heterocycles. The monoisotopic (exact) mass is 389 g/mol. The van der Waals surface area contributed by atoms with Gasteiger partial charge >= 0.3 is 0 Å². The first-order chi connectivity index (χ1) is 11.2. The second kappa shape index (κ2) is 10.1. The molecule has 1 aromatic heterocycles. The van der Waals surface area contributed by atoms with Gasteiger partial charge in [-0.05, 0) is 50.3 Å². The zero-order valence-electron chi connectivity index (χ0n) is 14.7. The Balaban J connectivity index is 0.00000156. The van der Waals surface area contributed by atoms with E-state index in [-0.39, 0.29) is 30.7 Å². The first kappa shape index (κ1) is 21.9. The van der Waals surface area contributed by atoms with E-state index < -0.39 is 0 Å². The maximum Gasteiger partial charge on any atom is 0.226 e. The van der Waals surface area contributed by atoms with Crippen LogP contribution >= 0.6 is 24.8 Å². The Morgan fingerprint density at radius 3 is 2.60 bits per heavy atom. The Morgan fingerprint density at radius 2 is 2.00 bits per heavy atom. The number of rotatable bonds is 4. The maximum atomic E-state index is 12.8. The van der Waals surface area contributed by atoms with Gasteiger partial charge in [0.2, 0.25) is 5.91 Å². The van der Waals surface area contributed by atoms with Crippen molar-refractivity contribution in [1.82, 2.24) is 15.1 Å². The van der Waals surface area contributed by atoms with Crippen molar-refractivity contribution in [3.63, 3.8) is 0 Å². The quantitative estimate of drug-likeness (QED) is 0.853. The number of hydrogen-bond donors (Lipinski definition) is 1. The van der Waals surface area contributed by atoms with E-state index in [2.05, 4.69) is 15.1 Å². The van der Waals surface area contributed by atoms with Crippen molar-refractivity contribution in [2.75, 3.05) is 31.6 Å². The van der Waals surface area contributed by atoms with Crippen molar-refractivity contribution in [1.29, 1.82) is 0 Å². The van der Waals surface area contributed by atoms with Crippen LogP contribution in [-0.2, 0) is 4.79 Å². The molecule has 142 valence electrons. The van der Waals surface area contributed by atoms with Gasteiger partial charge in [-0.1, -0.05) is 6.42 Å². The largest absolute Gasteiger partial charge is 0.355 e. The normalized spacial score (nSPS) is 23.5. The molecule has 2 aliphatic rings. The molecule has 25 heavy (non-hydrogen) atoms. The van der Waals surface area contributed by atoms with Crippen LogP contribution in [0.1, 0.15) is 32.1 Å². The van der Waals surface area contributed by atoms with Crippen LogP contribution in [0, 0.1) is 11.8 Å². The van der Waals surface area contributed by atoms with E-state index >= 15 is 0 Å². The van der Waals surface area contributed by atoms with Crippen molar-refractivity contribution >= 4 is 36.5 Å².